The van der Waals surface area contributed by atoms with Crippen molar-refractivity contribution in [2.45, 2.75) is 18.8 Å². The average Bonchev–Trinajstić information content (AvgIpc) is 2.68. The zero-order valence-corrected chi connectivity index (χ0v) is 18.8. The van der Waals surface area contributed by atoms with Gasteiger partial charge in [-0.05, 0) is 29.8 Å². The molecule has 0 unspecified atom stereocenters. The summed E-state index contributed by atoms with van der Waals surface area (Å²) < 4.78 is 110. The average molecular weight is 528 g/mol. The summed E-state index contributed by atoms with van der Waals surface area (Å²) in [4.78, 5) is 14.9. The molecule has 190 valence electrons. The molecule has 0 atom stereocenters. The molecule has 2 aliphatic heterocycles. The number of hydrogen-bond acceptors (Lipinski definition) is 3. The van der Waals surface area contributed by atoms with E-state index in [1.54, 1.807) is 0 Å². The molecule has 0 saturated carbocycles. The fourth-order valence-corrected chi connectivity index (χ4v) is 4.52. The Kier molecular flexibility index (Phi) is 6.20. The molecule has 2 aliphatic rings. The van der Waals surface area contributed by atoms with Gasteiger partial charge in [0.2, 0.25) is 5.91 Å². The third-order valence-corrected chi connectivity index (χ3v) is 6.68. The second kappa shape index (κ2) is 8.51. The first-order valence-corrected chi connectivity index (χ1v) is 10.7. The van der Waals surface area contributed by atoms with Crippen molar-refractivity contribution in [3.8, 4) is 0 Å². The maximum Gasteiger partial charge on any atom is 0.416 e. The minimum absolute atomic E-state index is 0.0259. The monoisotopic (exact) mass is 527 g/mol. The van der Waals surface area contributed by atoms with Crippen LogP contribution in [0.3, 0.4) is 0 Å². The van der Waals surface area contributed by atoms with E-state index >= 15 is 0 Å². The normalized spacial score (nSPS) is 17.3. The molecule has 1 N–H and O–H groups in total. The van der Waals surface area contributed by atoms with Crippen LogP contribution in [-0.4, -0.2) is 39.1 Å². The number of carbonyl (C=O) groups excluding carboxylic acids is 1. The molecule has 0 bridgehead atoms. The van der Waals surface area contributed by atoms with Gasteiger partial charge in [-0.25, -0.2) is 8.78 Å². The summed E-state index contributed by atoms with van der Waals surface area (Å²) in [5.41, 5.74) is -4.84. The molecule has 0 aromatic heterocycles. The number of nitrogens with zero attached hydrogens (tertiary/aromatic N) is 2. The van der Waals surface area contributed by atoms with Crippen LogP contribution < -0.4 is 15.1 Å². The third kappa shape index (κ3) is 4.65. The largest absolute Gasteiger partial charge is 0.416 e. The Labute approximate surface area is 199 Å². The lowest BCUT2D eigenvalue weighted by atomic mass is 9.74. The number of alkyl halides is 6. The van der Waals surface area contributed by atoms with Crippen LogP contribution in [0.5, 0.6) is 0 Å². The summed E-state index contributed by atoms with van der Waals surface area (Å²) in [6.45, 7) is 1.60. The second-order valence-electron chi connectivity index (χ2n) is 8.80. The highest BCUT2D eigenvalue weighted by atomic mass is 35.5. The predicted octanol–water partition coefficient (Wildman–Crippen LogP) is 5.27. The lowest BCUT2D eigenvalue weighted by Crippen LogP contribution is -2.71. The Bertz CT molecular complexity index is 1170. The Morgan fingerprint density at radius 2 is 1.71 bits per heavy atom. The lowest BCUT2D eigenvalue weighted by Gasteiger charge is -2.57. The van der Waals surface area contributed by atoms with E-state index in [2.05, 4.69) is 5.32 Å². The van der Waals surface area contributed by atoms with Crippen molar-refractivity contribution in [2.75, 3.05) is 43.0 Å². The number of amides is 1. The minimum Gasteiger partial charge on any atom is -0.370 e. The van der Waals surface area contributed by atoms with Gasteiger partial charge in [0, 0.05) is 44.3 Å². The summed E-state index contributed by atoms with van der Waals surface area (Å²) >= 11 is 5.52. The molecule has 13 heteroatoms. The van der Waals surface area contributed by atoms with Crippen LogP contribution in [0.1, 0.15) is 16.7 Å². The van der Waals surface area contributed by atoms with Gasteiger partial charge < -0.3 is 15.1 Å². The molecule has 0 aliphatic carbocycles. The van der Waals surface area contributed by atoms with E-state index in [0.29, 0.717) is 24.1 Å². The molecule has 2 saturated heterocycles. The molecule has 2 fully saturated rings. The van der Waals surface area contributed by atoms with E-state index in [1.165, 1.54) is 4.90 Å². The first-order chi connectivity index (χ1) is 16.1. The first kappa shape index (κ1) is 25.5. The van der Waals surface area contributed by atoms with E-state index in [1.807, 2.05) is 0 Å². The smallest absolute Gasteiger partial charge is 0.370 e. The number of rotatable bonds is 4. The van der Waals surface area contributed by atoms with Crippen LogP contribution >= 0.6 is 11.6 Å². The molecular weight excluding hydrogens is 510 g/mol. The van der Waals surface area contributed by atoms with E-state index in [-0.39, 0.29) is 30.3 Å². The first-order valence-electron chi connectivity index (χ1n) is 10.3. The van der Waals surface area contributed by atoms with Gasteiger partial charge >= 0.3 is 12.4 Å². The molecule has 4 nitrogen and oxygen atoms in total. The van der Waals surface area contributed by atoms with Crippen LogP contribution in [0.15, 0.2) is 24.3 Å². The number of nitrogens with one attached hydrogen (secondary N) is 1. The number of halogens is 9. The summed E-state index contributed by atoms with van der Waals surface area (Å²) in [7, 11) is 1.05. The van der Waals surface area contributed by atoms with E-state index < -0.39 is 63.7 Å². The van der Waals surface area contributed by atoms with Gasteiger partial charge in [-0.3, -0.25) is 4.79 Å². The van der Waals surface area contributed by atoms with E-state index in [4.69, 9.17) is 11.6 Å². The number of anilines is 2. The highest BCUT2D eigenvalue weighted by Gasteiger charge is 2.49. The summed E-state index contributed by atoms with van der Waals surface area (Å²) in [6.07, 6.45) is -11.2. The molecule has 2 aromatic rings. The predicted molar refractivity (Wildman–Crippen MR) is 112 cm³/mol. The van der Waals surface area contributed by atoms with Gasteiger partial charge in [0.25, 0.3) is 0 Å². The van der Waals surface area contributed by atoms with Crippen LogP contribution in [0.4, 0.5) is 46.5 Å². The van der Waals surface area contributed by atoms with Crippen molar-refractivity contribution >= 4 is 28.9 Å². The highest BCUT2D eigenvalue weighted by molar-refractivity contribution is 6.31. The molecule has 1 spiro atoms. The van der Waals surface area contributed by atoms with Crippen molar-refractivity contribution in [3.05, 3.63) is 57.6 Å². The van der Waals surface area contributed by atoms with Crippen LogP contribution in [-0.2, 0) is 23.6 Å². The van der Waals surface area contributed by atoms with Crippen LogP contribution in [0.25, 0.3) is 0 Å². The zero-order valence-electron chi connectivity index (χ0n) is 18.0. The third-order valence-electron chi connectivity index (χ3n) is 6.33. The van der Waals surface area contributed by atoms with Crippen molar-refractivity contribution in [3.63, 3.8) is 0 Å². The van der Waals surface area contributed by atoms with Gasteiger partial charge in [0.1, 0.15) is 10.8 Å². The highest BCUT2D eigenvalue weighted by Crippen LogP contribution is 2.46. The molecule has 4 rings (SSSR count). The van der Waals surface area contributed by atoms with Crippen LogP contribution in [0.2, 0.25) is 5.02 Å². The maximum absolute atomic E-state index is 14.4. The molecule has 35 heavy (non-hydrogen) atoms. The van der Waals surface area contributed by atoms with Crippen LogP contribution in [0, 0.1) is 17.0 Å². The SMILES string of the molecule is CN(C(=O)Cc1c(N2CC3(CNC3)C2)cc(C(F)(F)F)cc1C(F)(F)F)c1ccc(F)c(Cl)c1F. The number of carbonyl (C=O) groups is 1. The second-order valence-corrected chi connectivity index (χ2v) is 9.18. The Hall–Kier alpha value is -2.60. The fraction of sp³-hybridized carbons (Fsp3) is 0.409. The van der Waals surface area contributed by atoms with Gasteiger partial charge in [-0.1, -0.05) is 11.6 Å². The number of hydrogen-bond donors (Lipinski definition) is 1. The molecule has 1 amide bonds. The van der Waals surface area contributed by atoms with Crippen molar-refractivity contribution in [1.29, 1.82) is 0 Å². The zero-order chi connectivity index (χ0) is 25.9. The quantitative estimate of drug-likeness (QED) is 0.435. The van der Waals surface area contributed by atoms with E-state index in [0.717, 1.165) is 19.2 Å². The summed E-state index contributed by atoms with van der Waals surface area (Å²) in [6, 6.07) is 2.24. The van der Waals surface area contributed by atoms with Crippen molar-refractivity contribution in [1.82, 2.24) is 5.32 Å². The standard InChI is InChI=1S/C22H18ClF8N3O/c1-33(15-3-2-14(24)18(23)19(15)25)17(35)6-12-13(22(29,30)31)4-11(21(26,27)28)5-16(12)34-9-20(10-34)7-32-8-20/h2-5,32H,6-10H2,1H3. The van der Waals surface area contributed by atoms with Gasteiger partial charge in [-0.2, -0.15) is 26.3 Å². The van der Waals surface area contributed by atoms with Crippen molar-refractivity contribution in [2.24, 2.45) is 5.41 Å². The number of likely N-dealkylation sites (N-methyl/N-ethyl adjacent to an activating group) is 1. The fourth-order valence-electron chi connectivity index (χ4n) is 4.36. The Morgan fingerprint density at radius 1 is 1.09 bits per heavy atom. The van der Waals surface area contributed by atoms with Crippen molar-refractivity contribution < 1.29 is 39.9 Å². The number of benzene rings is 2. The van der Waals surface area contributed by atoms with Gasteiger partial charge in [0.15, 0.2) is 5.82 Å². The van der Waals surface area contributed by atoms with Gasteiger partial charge in [-0.15, -0.1) is 0 Å². The topological polar surface area (TPSA) is 35.6 Å². The summed E-state index contributed by atoms with van der Waals surface area (Å²) in [5.74, 6) is -3.46. The Balaban J connectivity index is 1.76. The van der Waals surface area contributed by atoms with E-state index in [9.17, 15) is 39.9 Å². The molecule has 2 heterocycles. The molecule has 0 radical (unpaired) electrons. The molecule has 2 aromatic carbocycles. The Morgan fingerprint density at radius 3 is 2.23 bits per heavy atom. The lowest BCUT2D eigenvalue weighted by molar-refractivity contribution is -0.143. The molecular formula is C22H18ClF8N3O. The maximum atomic E-state index is 14.4. The van der Waals surface area contributed by atoms with Gasteiger partial charge in [0.05, 0.1) is 23.2 Å². The minimum atomic E-state index is -5.20. The summed E-state index contributed by atoms with van der Waals surface area (Å²) in [5, 5.41) is 2.11.